The average molecular weight is 564 g/mol. The molecule has 1 saturated heterocycles. The SMILES string of the molecule is CCCCCCCCCCCCCCCNC(=O)OCC1COC(COC(=O)N(Cc2ccccn2)C(C)=O)O1. The Morgan fingerprint density at radius 2 is 1.57 bits per heavy atom. The van der Waals surface area contributed by atoms with Crippen LogP contribution in [0.5, 0.6) is 0 Å². The number of carbonyl (C=O) groups is 3. The van der Waals surface area contributed by atoms with Crippen LogP contribution in [-0.4, -0.2) is 66.7 Å². The van der Waals surface area contributed by atoms with E-state index in [9.17, 15) is 14.4 Å². The molecule has 1 fully saturated rings. The highest BCUT2D eigenvalue weighted by molar-refractivity contribution is 5.90. The van der Waals surface area contributed by atoms with E-state index in [0.29, 0.717) is 12.2 Å². The first-order chi connectivity index (χ1) is 19.5. The van der Waals surface area contributed by atoms with E-state index in [4.69, 9.17) is 18.9 Å². The van der Waals surface area contributed by atoms with Gasteiger partial charge in [-0.05, 0) is 18.6 Å². The fourth-order valence-electron chi connectivity index (χ4n) is 4.41. The molecule has 0 saturated carbocycles. The van der Waals surface area contributed by atoms with Crippen molar-refractivity contribution in [3.63, 3.8) is 0 Å². The minimum Gasteiger partial charge on any atom is -0.447 e. The van der Waals surface area contributed by atoms with Gasteiger partial charge in [0.05, 0.1) is 18.8 Å². The number of unbranched alkanes of at least 4 members (excludes halogenated alkanes) is 12. The van der Waals surface area contributed by atoms with Crippen molar-refractivity contribution in [2.45, 2.75) is 116 Å². The zero-order valence-corrected chi connectivity index (χ0v) is 24.4. The van der Waals surface area contributed by atoms with Crippen LogP contribution in [0.4, 0.5) is 9.59 Å². The smallest absolute Gasteiger partial charge is 0.417 e. The summed E-state index contributed by atoms with van der Waals surface area (Å²) in [5.41, 5.74) is 0.563. The fraction of sp³-hybridized carbons (Fsp3) is 0.733. The van der Waals surface area contributed by atoms with E-state index in [-0.39, 0.29) is 26.4 Å². The molecule has 10 nitrogen and oxygen atoms in total. The highest BCUT2D eigenvalue weighted by atomic mass is 16.7. The minimum atomic E-state index is -0.808. The van der Waals surface area contributed by atoms with Gasteiger partial charge in [-0.25, -0.2) is 14.5 Å². The topological polar surface area (TPSA) is 116 Å². The Labute approximate surface area is 239 Å². The molecule has 0 aromatic carbocycles. The maximum Gasteiger partial charge on any atom is 0.417 e. The number of ether oxygens (including phenoxy) is 4. The second kappa shape index (κ2) is 21.1. The van der Waals surface area contributed by atoms with Crippen LogP contribution in [0, 0.1) is 0 Å². The summed E-state index contributed by atoms with van der Waals surface area (Å²) in [5.74, 6) is -0.458. The number of carbonyl (C=O) groups excluding carboxylic acids is 3. The van der Waals surface area contributed by atoms with Crippen molar-refractivity contribution in [3.8, 4) is 0 Å². The summed E-state index contributed by atoms with van der Waals surface area (Å²) in [6.45, 7) is 4.18. The largest absolute Gasteiger partial charge is 0.447 e. The predicted octanol–water partition coefficient (Wildman–Crippen LogP) is 6.13. The molecular formula is C30H49N3O7. The number of pyridine rings is 1. The van der Waals surface area contributed by atoms with Gasteiger partial charge in [0, 0.05) is 19.7 Å². The lowest BCUT2D eigenvalue weighted by atomic mass is 10.0. The van der Waals surface area contributed by atoms with Gasteiger partial charge >= 0.3 is 12.2 Å². The molecule has 2 atom stereocenters. The first-order valence-electron chi connectivity index (χ1n) is 15.0. The molecule has 1 aliphatic rings. The second-order valence-electron chi connectivity index (χ2n) is 10.3. The summed E-state index contributed by atoms with van der Waals surface area (Å²) in [5, 5.41) is 2.77. The van der Waals surface area contributed by atoms with Crippen LogP contribution in [0.25, 0.3) is 0 Å². The van der Waals surface area contributed by atoms with Gasteiger partial charge in [0.2, 0.25) is 5.91 Å². The van der Waals surface area contributed by atoms with E-state index in [1.54, 1.807) is 24.4 Å². The van der Waals surface area contributed by atoms with Gasteiger partial charge in [0.1, 0.15) is 19.3 Å². The number of aromatic nitrogens is 1. The van der Waals surface area contributed by atoms with Crippen molar-refractivity contribution in [1.29, 1.82) is 0 Å². The summed E-state index contributed by atoms with van der Waals surface area (Å²) in [6, 6.07) is 5.24. The molecule has 2 unspecified atom stereocenters. The lowest BCUT2D eigenvalue weighted by Crippen LogP contribution is -2.37. The van der Waals surface area contributed by atoms with E-state index in [1.807, 2.05) is 0 Å². The highest BCUT2D eigenvalue weighted by Gasteiger charge is 2.29. The molecular weight excluding hydrogens is 514 g/mol. The zero-order chi connectivity index (χ0) is 28.8. The van der Waals surface area contributed by atoms with Gasteiger partial charge in [-0.1, -0.05) is 90.0 Å². The third-order valence-corrected chi connectivity index (χ3v) is 6.75. The molecule has 1 aromatic rings. The van der Waals surface area contributed by atoms with Gasteiger partial charge in [-0.3, -0.25) is 9.78 Å². The maximum atomic E-state index is 12.4. The van der Waals surface area contributed by atoms with E-state index in [0.717, 1.165) is 17.7 Å². The number of nitrogens with zero attached hydrogens (tertiary/aromatic N) is 2. The molecule has 3 amide bonds. The molecule has 2 rings (SSSR count). The van der Waals surface area contributed by atoms with Crippen LogP contribution in [-0.2, 0) is 30.3 Å². The quantitative estimate of drug-likeness (QED) is 0.189. The Kier molecular flexibility index (Phi) is 17.6. The molecule has 1 aliphatic heterocycles. The van der Waals surface area contributed by atoms with Crippen LogP contribution >= 0.6 is 0 Å². The van der Waals surface area contributed by atoms with E-state index >= 15 is 0 Å². The van der Waals surface area contributed by atoms with Gasteiger partial charge in [0.25, 0.3) is 0 Å². The summed E-state index contributed by atoms with van der Waals surface area (Å²) < 4.78 is 21.5. The van der Waals surface area contributed by atoms with E-state index in [2.05, 4.69) is 17.2 Å². The number of nitrogens with one attached hydrogen (secondary N) is 1. The monoisotopic (exact) mass is 563 g/mol. The van der Waals surface area contributed by atoms with Gasteiger partial charge in [-0.2, -0.15) is 0 Å². The van der Waals surface area contributed by atoms with Gasteiger partial charge in [-0.15, -0.1) is 0 Å². The van der Waals surface area contributed by atoms with E-state index in [1.165, 1.54) is 77.6 Å². The summed E-state index contributed by atoms with van der Waals surface area (Å²) in [7, 11) is 0. The van der Waals surface area contributed by atoms with Crippen molar-refractivity contribution in [3.05, 3.63) is 30.1 Å². The maximum absolute atomic E-state index is 12.4. The predicted molar refractivity (Wildman–Crippen MR) is 151 cm³/mol. The molecule has 0 spiro atoms. The second-order valence-corrected chi connectivity index (χ2v) is 10.3. The first kappa shape index (κ1) is 33.5. The number of amides is 3. The molecule has 0 radical (unpaired) electrons. The van der Waals surface area contributed by atoms with Crippen molar-refractivity contribution in [2.75, 3.05) is 26.4 Å². The molecule has 1 N–H and O–H groups in total. The lowest BCUT2D eigenvalue weighted by Gasteiger charge is -2.19. The third kappa shape index (κ3) is 15.2. The van der Waals surface area contributed by atoms with Crippen molar-refractivity contribution >= 4 is 18.1 Å². The molecule has 0 bridgehead atoms. The Balaban J connectivity index is 1.45. The lowest BCUT2D eigenvalue weighted by molar-refractivity contribution is -0.130. The molecule has 10 heteroatoms. The van der Waals surface area contributed by atoms with Crippen LogP contribution in [0.1, 0.15) is 103 Å². The summed E-state index contributed by atoms with van der Waals surface area (Å²) in [6.07, 6.45) is 15.7. The molecule has 40 heavy (non-hydrogen) atoms. The standard InChI is InChI=1S/C30H49N3O7/c1-3-4-5-6-7-8-9-10-11-12-13-14-16-20-32-29(35)38-23-27-22-37-28(40-27)24-39-30(36)33(25(2)34)21-26-18-15-17-19-31-26/h15,17-19,27-28H,3-14,16,20-24H2,1-2H3,(H,32,35). The van der Waals surface area contributed by atoms with Gasteiger partial charge < -0.3 is 24.3 Å². The molecule has 1 aromatic heterocycles. The molecule has 226 valence electrons. The van der Waals surface area contributed by atoms with Crippen molar-refractivity contribution in [1.82, 2.24) is 15.2 Å². The van der Waals surface area contributed by atoms with Crippen LogP contribution in [0.2, 0.25) is 0 Å². The minimum absolute atomic E-state index is 0.00622. The normalized spacial score (nSPS) is 16.4. The Bertz CT molecular complexity index is 840. The Morgan fingerprint density at radius 1 is 0.925 bits per heavy atom. The summed E-state index contributed by atoms with van der Waals surface area (Å²) >= 11 is 0. The van der Waals surface area contributed by atoms with Crippen molar-refractivity contribution < 1.29 is 33.3 Å². The van der Waals surface area contributed by atoms with Crippen molar-refractivity contribution in [2.24, 2.45) is 0 Å². The van der Waals surface area contributed by atoms with Gasteiger partial charge in [0.15, 0.2) is 6.29 Å². The Morgan fingerprint density at radius 3 is 2.17 bits per heavy atom. The Hall–Kier alpha value is -2.72. The third-order valence-electron chi connectivity index (χ3n) is 6.75. The number of alkyl carbamates (subject to hydrolysis) is 1. The zero-order valence-electron chi connectivity index (χ0n) is 24.4. The van der Waals surface area contributed by atoms with E-state index < -0.39 is 30.5 Å². The molecule has 0 aliphatic carbocycles. The van der Waals surface area contributed by atoms with Crippen LogP contribution in [0.3, 0.4) is 0 Å². The first-order valence-corrected chi connectivity index (χ1v) is 15.0. The highest BCUT2D eigenvalue weighted by Crippen LogP contribution is 2.14. The number of imide groups is 1. The number of hydrogen-bond acceptors (Lipinski definition) is 8. The fourth-order valence-corrected chi connectivity index (χ4v) is 4.41. The average Bonchev–Trinajstić information content (AvgIpc) is 3.42. The number of rotatable bonds is 20. The molecule has 2 heterocycles. The van der Waals surface area contributed by atoms with Crippen LogP contribution in [0.15, 0.2) is 24.4 Å². The summed E-state index contributed by atoms with van der Waals surface area (Å²) in [4.78, 5) is 41.3. The van der Waals surface area contributed by atoms with Crippen LogP contribution < -0.4 is 5.32 Å². The number of hydrogen-bond donors (Lipinski definition) is 1.